The van der Waals surface area contributed by atoms with Crippen molar-refractivity contribution in [1.29, 1.82) is 0 Å². The molecule has 19 heavy (non-hydrogen) atoms. The third-order valence-electron chi connectivity index (χ3n) is 3.69. The number of nitrogens with zero attached hydrogens (tertiary/aromatic N) is 2. The molecule has 1 aliphatic carbocycles. The monoisotopic (exact) mass is 276 g/mol. The minimum atomic E-state index is -0.804. The second-order valence-corrected chi connectivity index (χ2v) is 6.29. The number of carboxylic acids is 1. The van der Waals surface area contributed by atoms with Crippen LogP contribution in [-0.2, 0) is 10.3 Å². The number of fused-ring (bicyclic) bond motifs is 1. The zero-order valence-electron chi connectivity index (χ0n) is 11.0. The molecule has 0 aliphatic heterocycles. The minimum absolute atomic E-state index is 0.0540. The lowest BCUT2D eigenvalue weighted by molar-refractivity contribution is -0.133. The average Bonchev–Trinajstić information content (AvgIpc) is 2.96. The number of para-hydroxylation sites is 1. The summed E-state index contributed by atoms with van der Waals surface area (Å²) in [4.78, 5) is 15.4. The van der Waals surface area contributed by atoms with Gasteiger partial charge in [-0.15, -0.1) is 0 Å². The fourth-order valence-electron chi connectivity index (χ4n) is 2.37. The van der Waals surface area contributed by atoms with Crippen molar-refractivity contribution >= 4 is 28.8 Å². The van der Waals surface area contributed by atoms with Gasteiger partial charge >= 0.3 is 5.97 Å². The molecule has 0 spiro atoms. The molecule has 0 radical (unpaired) electrons. The zero-order chi connectivity index (χ0) is 13.6. The van der Waals surface area contributed by atoms with E-state index >= 15 is 0 Å². The van der Waals surface area contributed by atoms with Crippen molar-refractivity contribution in [1.82, 2.24) is 9.55 Å². The van der Waals surface area contributed by atoms with Crippen molar-refractivity contribution in [2.45, 2.75) is 37.4 Å². The van der Waals surface area contributed by atoms with Crippen LogP contribution in [0.4, 0.5) is 0 Å². The summed E-state index contributed by atoms with van der Waals surface area (Å²) in [6.07, 6.45) is 2.26. The number of hydrogen-bond acceptors (Lipinski definition) is 3. The molecule has 1 heterocycles. The molecule has 1 fully saturated rings. The van der Waals surface area contributed by atoms with Gasteiger partial charge in [0.1, 0.15) is 0 Å². The quantitative estimate of drug-likeness (QED) is 0.872. The Balaban J connectivity index is 2.14. The van der Waals surface area contributed by atoms with Gasteiger partial charge < -0.3 is 9.67 Å². The molecule has 1 saturated carbocycles. The first-order valence-electron chi connectivity index (χ1n) is 6.34. The van der Waals surface area contributed by atoms with Gasteiger partial charge in [0.2, 0.25) is 0 Å². The number of imidazole rings is 1. The first-order chi connectivity index (χ1) is 9.01. The highest BCUT2D eigenvalue weighted by Crippen LogP contribution is 2.47. The number of hydrogen-bond donors (Lipinski definition) is 1. The van der Waals surface area contributed by atoms with Gasteiger partial charge in [0.15, 0.2) is 5.16 Å². The fraction of sp³-hybridized carbons (Fsp3) is 0.429. The summed E-state index contributed by atoms with van der Waals surface area (Å²) in [5, 5.41) is 9.68. The summed E-state index contributed by atoms with van der Waals surface area (Å²) in [6, 6.07) is 6.15. The highest BCUT2D eigenvalue weighted by atomic mass is 32.2. The number of carboxylic acid groups (broad SMARTS) is 1. The van der Waals surface area contributed by atoms with Crippen molar-refractivity contribution in [3.63, 3.8) is 0 Å². The molecule has 1 aliphatic rings. The normalized spacial score (nSPS) is 16.7. The summed E-state index contributed by atoms with van der Waals surface area (Å²) in [5.41, 5.74) is 3.36. The van der Waals surface area contributed by atoms with Gasteiger partial charge in [0.05, 0.1) is 16.8 Å². The topological polar surface area (TPSA) is 55.1 Å². The predicted molar refractivity (Wildman–Crippen MR) is 75.7 cm³/mol. The molecule has 4 nitrogen and oxygen atoms in total. The zero-order valence-corrected chi connectivity index (χ0v) is 11.8. The first-order valence-corrected chi connectivity index (χ1v) is 7.33. The van der Waals surface area contributed by atoms with Gasteiger partial charge in [-0.2, -0.15) is 0 Å². The lowest BCUT2D eigenvalue weighted by Gasteiger charge is -2.15. The molecule has 0 saturated heterocycles. The second kappa shape index (κ2) is 4.27. The number of carbonyl (C=O) groups is 1. The van der Waals surface area contributed by atoms with E-state index in [1.54, 1.807) is 0 Å². The van der Waals surface area contributed by atoms with E-state index in [4.69, 9.17) is 5.11 Å². The maximum absolute atomic E-state index is 10.8. The molecule has 0 atom stereocenters. The van der Waals surface area contributed by atoms with Gasteiger partial charge in [0, 0.05) is 5.54 Å². The number of rotatable bonds is 4. The molecule has 1 aromatic heterocycles. The lowest BCUT2D eigenvalue weighted by atomic mass is 10.2. The van der Waals surface area contributed by atoms with Crippen LogP contribution in [-0.4, -0.2) is 26.4 Å². The maximum Gasteiger partial charge on any atom is 0.313 e. The van der Waals surface area contributed by atoms with Crippen LogP contribution in [0.25, 0.3) is 11.0 Å². The smallest absolute Gasteiger partial charge is 0.313 e. The Morgan fingerprint density at radius 2 is 2.26 bits per heavy atom. The number of aryl methyl sites for hydroxylation is 1. The molecular weight excluding hydrogens is 260 g/mol. The van der Waals surface area contributed by atoms with E-state index in [9.17, 15) is 4.79 Å². The van der Waals surface area contributed by atoms with Gasteiger partial charge in [-0.05, 0) is 38.3 Å². The summed E-state index contributed by atoms with van der Waals surface area (Å²) in [6.45, 7) is 4.25. The minimum Gasteiger partial charge on any atom is -0.481 e. The van der Waals surface area contributed by atoms with Crippen LogP contribution in [0.1, 0.15) is 25.3 Å². The van der Waals surface area contributed by atoms with Crippen LogP contribution in [0.2, 0.25) is 0 Å². The number of aromatic nitrogens is 2. The molecule has 3 rings (SSSR count). The highest BCUT2D eigenvalue weighted by molar-refractivity contribution is 7.99. The Morgan fingerprint density at radius 1 is 1.53 bits per heavy atom. The van der Waals surface area contributed by atoms with Crippen LogP contribution in [0.15, 0.2) is 23.4 Å². The Hall–Kier alpha value is -1.49. The Kier molecular flexibility index (Phi) is 2.82. The molecular formula is C14H16N2O2S. The summed E-state index contributed by atoms with van der Waals surface area (Å²) in [7, 11) is 0. The maximum atomic E-state index is 10.8. The largest absolute Gasteiger partial charge is 0.481 e. The molecule has 100 valence electrons. The molecule has 1 aromatic carbocycles. The van der Waals surface area contributed by atoms with Gasteiger partial charge in [-0.1, -0.05) is 23.9 Å². The van der Waals surface area contributed by atoms with Crippen LogP contribution < -0.4 is 0 Å². The molecule has 2 aromatic rings. The van der Waals surface area contributed by atoms with E-state index in [1.165, 1.54) is 11.8 Å². The molecule has 1 N–H and O–H groups in total. The van der Waals surface area contributed by atoms with Crippen molar-refractivity contribution < 1.29 is 9.90 Å². The van der Waals surface area contributed by atoms with Gasteiger partial charge in [0.25, 0.3) is 0 Å². The lowest BCUT2D eigenvalue weighted by Crippen LogP contribution is -2.14. The average molecular weight is 276 g/mol. The molecule has 0 bridgehead atoms. The van der Waals surface area contributed by atoms with Gasteiger partial charge in [-0.25, -0.2) is 4.98 Å². The van der Waals surface area contributed by atoms with Crippen molar-refractivity contribution in [2.24, 2.45) is 0 Å². The Bertz CT molecular complexity index is 659. The number of thioether (sulfide) groups is 1. The Morgan fingerprint density at radius 3 is 2.89 bits per heavy atom. The molecule has 0 unspecified atom stereocenters. The van der Waals surface area contributed by atoms with E-state index in [0.717, 1.165) is 34.6 Å². The van der Waals surface area contributed by atoms with Crippen molar-refractivity contribution in [2.75, 3.05) is 5.75 Å². The fourth-order valence-corrected chi connectivity index (χ4v) is 3.22. The standard InChI is InChI=1S/C14H16N2O2S/c1-9-4-3-5-10-12(9)15-13(19-8-11(17)18)16(10)14(2)6-7-14/h3-5H,6-8H2,1-2H3,(H,17,18). The van der Waals surface area contributed by atoms with Crippen LogP contribution in [0.3, 0.4) is 0 Å². The third-order valence-corrected chi connectivity index (χ3v) is 4.62. The SMILES string of the molecule is Cc1cccc2c1nc(SCC(=O)O)n2C1(C)CC1. The Labute approximate surface area is 115 Å². The van der Waals surface area contributed by atoms with E-state index < -0.39 is 5.97 Å². The van der Waals surface area contributed by atoms with E-state index in [-0.39, 0.29) is 11.3 Å². The van der Waals surface area contributed by atoms with Crippen molar-refractivity contribution in [3.05, 3.63) is 23.8 Å². The van der Waals surface area contributed by atoms with Crippen LogP contribution in [0.5, 0.6) is 0 Å². The molecule has 5 heteroatoms. The predicted octanol–water partition coefficient (Wildman–Crippen LogP) is 3.03. The summed E-state index contributed by atoms with van der Waals surface area (Å²) >= 11 is 1.31. The highest BCUT2D eigenvalue weighted by Gasteiger charge is 2.42. The summed E-state index contributed by atoms with van der Waals surface area (Å²) < 4.78 is 2.23. The van der Waals surface area contributed by atoms with E-state index in [2.05, 4.69) is 22.5 Å². The number of benzene rings is 1. The number of aliphatic carboxylic acids is 1. The van der Waals surface area contributed by atoms with Gasteiger partial charge in [-0.3, -0.25) is 4.79 Å². The first kappa shape index (κ1) is 12.5. The molecule has 0 amide bonds. The third kappa shape index (κ3) is 2.12. The van der Waals surface area contributed by atoms with Crippen molar-refractivity contribution in [3.8, 4) is 0 Å². The van der Waals surface area contributed by atoms with Crippen LogP contribution in [0, 0.1) is 6.92 Å². The van der Waals surface area contributed by atoms with Crippen LogP contribution >= 0.6 is 11.8 Å². The van der Waals surface area contributed by atoms with E-state index in [0.29, 0.717) is 0 Å². The second-order valence-electron chi connectivity index (χ2n) is 5.35. The van der Waals surface area contributed by atoms with E-state index in [1.807, 2.05) is 19.1 Å². The summed E-state index contributed by atoms with van der Waals surface area (Å²) in [5.74, 6) is -0.750.